The van der Waals surface area contributed by atoms with Crippen LogP contribution in [0.2, 0.25) is 5.02 Å². The van der Waals surface area contributed by atoms with Gasteiger partial charge >= 0.3 is 6.03 Å². The minimum absolute atomic E-state index is 0.0721. The number of aromatic nitrogens is 2. The molecule has 0 atom stereocenters. The molecule has 0 unspecified atom stereocenters. The zero-order valence-corrected chi connectivity index (χ0v) is 19.1. The molecular formula is C24H30ClN5O2. The number of halogens is 1. The molecule has 7 nitrogen and oxygen atoms in total. The molecule has 1 aliphatic heterocycles. The number of rotatable bonds is 4. The lowest BCUT2D eigenvalue weighted by molar-refractivity contribution is -0.0165. The third-order valence-corrected chi connectivity index (χ3v) is 8.34. The Kier molecular flexibility index (Phi) is 5.14. The van der Waals surface area contributed by atoms with Gasteiger partial charge in [0.2, 0.25) is 0 Å². The van der Waals surface area contributed by atoms with E-state index in [1.165, 1.54) is 38.5 Å². The molecule has 2 heterocycles. The maximum Gasteiger partial charge on any atom is 0.317 e. The van der Waals surface area contributed by atoms with Crippen LogP contribution in [0, 0.1) is 17.8 Å². The molecule has 2 aromatic rings. The van der Waals surface area contributed by atoms with Gasteiger partial charge in [0, 0.05) is 31.7 Å². The first-order chi connectivity index (χ1) is 15.6. The highest BCUT2D eigenvalue weighted by Gasteiger charge is 2.51. The molecule has 1 saturated heterocycles. The Hall–Kier alpha value is -2.12. The zero-order valence-electron chi connectivity index (χ0n) is 18.3. The Morgan fingerprint density at radius 1 is 1.06 bits per heavy atom. The van der Waals surface area contributed by atoms with E-state index in [0.717, 1.165) is 49.5 Å². The first-order valence-electron chi connectivity index (χ1n) is 11.9. The van der Waals surface area contributed by atoms with Gasteiger partial charge in [0.1, 0.15) is 0 Å². The van der Waals surface area contributed by atoms with E-state index >= 15 is 0 Å². The number of hydrogen-bond donors (Lipinski definition) is 1. The van der Waals surface area contributed by atoms with E-state index < -0.39 is 0 Å². The van der Waals surface area contributed by atoms with Crippen LogP contribution in [0.4, 0.5) is 4.79 Å². The number of urea groups is 1. The zero-order chi connectivity index (χ0) is 21.7. The second-order valence-electron chi connectivity index (χ2n) is 10.4. The van der Waals surface area contributed by atoms with Gasteiger partial charge in [-0.25, -0.2) is 4.79 Å². The molecule has 0 spiro atoms. The second-order valence-corrected chi connectivity index (χ2v) is 10.8. The Labute approximate surface area is 193 Å². The molecule has 32 heavy (non-hydrogen) atoms. The van der Waals surface area contributed by atoms with Gasteiger partial charge in [0.15, 0.2) is 5.82 Å². The number of nitrogens with one attached hydrogen (secondary N) is 1. The topological polar surface area (TPSA) is 74.5 Å². The van der Waals surface area contributed by atoms with Crippen molar-refractivity contribution in [1.29, 1.82) is 0 Å². The lowest BCUT2D eigenvalue weighted by atomic mass is 9.53. The van der Waals surface area contributed by atoms with Crippen LogP contribution in [-0.4, -0.2) is 57.7 Å². The number of amides is 2. The molecule has 2 amide bonds. The van der Waals surface area contributed by atoms with Crippen LogP contribution in [0.15, 0.2) is 28.8 Å². The van der Waals surface area contributed by atoms with Crippen molar-refractivity contribution in [2.24, 2.45) is 17.8 Å². The van der Waals surface area contributed by atoms with Crippen molar-refractivity contribution in [3.8, 4) is 11.5 Å². The smallest absolute Gasteiger partial charge is 0.317 e. The van der Waals surface area contributed by atoms with Gasteiger partial charge in [-0.3, -0.25) is 4.90 Å². The highest BCUT2D eigenvalue weighted by molar-refractivity contribution is 6.33. The van der Waals surface area contributed by atoms with Gasteiger partial charge in [0.05, 0.1) is 17.1 Å². The summed E-state index contributed by atoms with van der Waals surface area (Å²) < 4.78 is 5.42. The predicted octanol–water partition coefficient (Wildman–Crippen LogP) is 4.19. The van der Waals surface area contributed by atoms with Gasteiger partial charge in [-0.1, -0.05) is 28.9 Å². The normalized spacial score (nSPS) is 31.8. The largest absolute Gasteiger partial charge is 0.334 e. The number of carbonyl (C=O) groups is 1. The minimum Gasteiger partial charge on any atom is -0.334 e. The van der Waals surface area contributed by atoms with Crippen LogP contribution in [0.25, 0.3) is 11.5 Å². The molecule has 0 radical (unpaired) electrons. The Morgan fingerprint density at radius 3 is 2.38 bits per heavy atom. The molecule has 4 bridgehead atoms. The van der Waals surface area contributed by atoms with Crippen molar-refractivity contribution in [2.75, 3.05) is 26.2 Å². The van der Waals surface area contributed by atoms with Gasteiger partial charge in [0.25, 0.3) is 5.89 Å². The lowest BCUT2D eigenvalue weighted by Gasteiger charge is -2.57. The molecule has 1 N–H and O–H groups in total. The quantitative estimate of drug-likeness (QED) is 0.748. The van der Waals surface area contributed by atoms with E-state index in [4.69, 9.17) is 16.1 Å². The van der Waals surface area contributed by atoms with Gasteiger partial charge in [-0.05, 0) is 68.4 Å². The highest BCUT2D eigenvalue weighted by atomic mass is 35.5. The molecule has 7 rings (SSSR count). The molecule has 170 valence electrons. The van der Waals surface area contributed by atoms with Crippen molar-refractivity contribution in [2.45, 2.75) is 50.6 Å². The van der Waals surface area contributed by atoms with Gasteiger partial charge < -0.3 is 14.7 Å². The third-order valence-electron chi connectivity index (χ3n) is 8.01. The average Bonchev–Trinajstić information content (AvgIpc) is 3.21. The summed E-state index contributed by atoms with van der Waals surface area (Å²) in [5.41, 5.74) is 0.821. The van der Waals surface area contributed by atoms with Crippen molar-refractivity contribution in [3.05, 3.63) is 35.1 Å². The van der Waals surface area contributed by atoms with Crippen LogP contribution in [0.1, 0.15) is 44.3 Å². The van der Waals surface area contributed by atoms with Crippen LogP contribution in [0.3, 0.4) is 0 Å². The minimum atomic E-state index is 0.0721. The van der Waals surface area contributed by atoms with Crippen molar-refractivity contribution >= 4 is 17.6 Å². The summed E-state index contributed by atoms with van der Waals surface area (Å²) in [6.07, 6.45) is 7.75. The van der Waals surface area contributed by atoms with Crippen LogP contribution in [-0.2, 0) is 6.54 Å². The van der Waals surface area contributed by atoms with E-state index in [-0.39, 0.29) is 11.6 Å². The summed E-state index contributed by atoms with van der Waals surface area (Å²) in [6.45, 7) is 3.69. The molecule has 5 fully saturated rings. The third kappa shape index (κ3) is 3.90. The summed E-state index contributed by atoms with van der Waals surface area (Å²) in [7, 11) is 0. The number of benzene rings is 1. The lowest BCUT2D eigenvalue weighted by Crippen LogP contribution is -2.63. The summed E-state index contributed by atoms with van der Waals surface area (Å²) in [6, 6.07) is 7.60. The maximum atomic E-state index is 13.1. The predicted molar refractivity (Wildman–Crippen MR) is 121 cm³/mol. The summed E-state index contributed by atoms with van der Waals surface area (Å²) in [4.78, 5) is 21.9. The first kappa shape index (κ1) is 20.5. The Bertz CT molecular complexity index is 964. The summed E-state index contributed by atoms with van der Waals surface area (Å²) in [5.74, 6) is 3.60. The number of carbonyl (C=O) groups excluding carboxylic acids is 1. The number of piperazine rings is 1. The summed E-state index contributed by atoms with van der Waals surface area (Å²) in [5, 5.41) is 8.23. The van der Waals surface area contributed by atoms with Crippen molar-refractivity contribution in [3.63, 3.8) is 0 Å². The maximum absolute atomic E-state index is 13.1. The average molecular weight is 456 g/mol. The highest BCUT2D eigenvalue weighted by Crippen LogP contribution is 2.55. The Morgan fingerprint density at radius 2 is 1.72 bits per heavy atom. The van der Waals surface area contributed by atoms with E-state index in [1.807, 2.05) is 29.2 Å². The van der Waals surface area contributed by atoms with Gasteiger partial charge in [-0.2, -0.15) is 4.98 Å². The monoisotopic (exact) mass is 455 g/mol. The van der Waals surface area contributed by atoms with Crippen LogP contribution >= 0.6 is 11.6 Å². The molecule has 5 aliphatic rings. The first-order valence-corrected chi connectivity index (χ1v) is 12.3. The van der Waals surface area contributed by atoms with E-state index in [1.54, 1.807) is 0 Å². The fraction of sp³-hybridized carbons (Fsp3) is 0.625. The molecule has 8 heteroatoms. The Balaban J connectivity index is 1.03. The number of hydrogen-bond acceptors (Lipinski definition) is 5. The molecule has 1 aromatic heterocycles. The fourth-order valence-electron chi connectivity index (χ4n) is 6.94. The SMILES string of the molecule is O=C(NC12CC3CC(CC(C3)C1)C2)N1CCN(Cc2noc(-c3ccccc3Cl)n2)CC1. The van der Waals surface area contributed by atoms with Gasteiger partial charge in [-0.15, -0.1) is 0 Å². The fourth-order valence-corrected chi connectivity index (χ4v) is 7.16. The molecule has 1 aromatic carbocycles. The van der Waals surface area contributed by atoms with E-state index in [2.05, 4.69) is 20.4 Å². The van der Waals surface area contributed by atoms with E-state index in [0.29, 0.717) is 23.3 Å². The molecular weight excluding hydrogens is 426 g/mol. The number of nitrogens with zero attached hydrogens (tertiary/aromatic N) is 4. The van der Waals surface area contributed by atoms with E-state index in [9.17, 15) is 4.79 Å². The molecule has 4 aliphatic carbocycles. The molecule has 4 saturated carbocycles. The van der Waals surface area contributed by atoms with Crippen molar-refractivity contribution in [1.82, 2.24) is 25.3 Å². The van der Waals surface area contributed by atoms with Crippen LogP contribution < -0.4 is 5.32 Å². The standard InChI is InChI=1S/C24H30ClN5O2/c25-20-4-2-1-3-19(20)22-26-21(28-32-22)15-29-5-7-30(8-6-29)23(31)27-24-12-16-9-17(13-24)11-18(10-16)14-24/h1-4,16-18H,5-15H2,(H,27,31). The summed E-state index contributed by atoms with van der Waals surface area (Å²) >= 11 is 6.24. The van der Waals surface area contributed by atoms with Crippen molar-refractivity contribution < 1.29 is 9.32 Å². The van der Waals surface area contributed by atoms with Crippen LogP contribution in [0.5, 0.6) is 0 Å². The second kappa shape index (κ2) is 8.03.